The Hall–Kier alpha value is -1.71. The summed E-state index contributed by atoms with van der Waals surface area (Å²) in [5, 5.41) is 7.22. The molecule has 0 amide bonds. The fourth-order valence-corrected chi connectivity index (χ4v) is 3.89. The Kier molecular flexibility index (Phi) is 3.68. The number of hydrogen-bond donors (Lipinski definition) is 2. The van der Waals surface area contributed by atoms with Crippen LogP contribution >= 0.6 is 0 Å². The molecule has 3 nitrogen and oxygen atoms in total. The Labute approximate surface area is 132 Å². The topological polar surface area (TPSA) is 37.0 Å². The fraction of sp³-hybridized carbons (Fsp3) is 0.421. The quantitative estimate of drug-likeness (QED) is 0.906. The van der Waals surface area contributed by atoms with Crippen molar-refractivity contribution in [2.45, 2.75) is 30.7 Å². The zero-order valence-corrected chi connectivity index (χ0v) is 12.9. The summed E-state index contributed by atoms with van der Waals surface area (Å²) in [5.74, 6) is 0. The van der Waals surface area contributed by atoms with Gasteiger partial charge in [0.1, 0.15) is 0 Å². The third-order valence-corrected chi connectivity index (χ3v) is 5.17. The van der Waals surface area contributed by atoms with Crippen LogP contribution in [0.15, 0.2) is 48.8 Å². The molecule has 2 fully saturated rings. The summed E-state index contributed by atoms with van der Waals surface area (Å²) in [6, 6.07) is 13.7. The lowest BCUT2D eigenvalue weighted by molar-refractivity contribution is 0.369. The number of nitrogens with zero attached hydrogens (tertiary/aromatic N) is 1. The molecule has 1 aromatic heterocycles. The second kappa shape index (κ2) is 5.82. The van der Waals surface area contributed by atoms with Gasteiger partial charge in [-0.2, -0.15) is 0 Å². The molecule has 2 aromatic rings. The molecule has 0 radical (unpaired) electrons. The Morgan fingerprint density at radius 3 is 2.82 bits per heavy atom. The molecule has 22 heavy (non-hydrogen) atoms. The van der Waals surface area contributed by atoms with Gasteiger partial charge in [-0.3, -0.25) is 4.98 Å². The van der Waals surface area contributed by atoms with Gasteiger partial charge in [-0.15, -0.1) is 0 Å². The van der Waals surface area contributed by atoms with Gasteiger partial charge in [-0.1, -0.05) is 36.4 Å². The average molecular weight is 293 g/mol. The molecule has 2 N–H and O–H groups in total. The van der Waals surface area contributed by atoms with Crippen LogP contribution in [0.4, 0.5) is 0 Å². The normalized spacial score (nSPS) is 27.0. The van der Waals surface area contributed by atoms with Crippen LogP contribution in [-0.4, -0.2) is 30.7 Å². The van der Waals surface area contributed by atoms with Gasteiger partial charge in [0.25, 0.3) is 0 Å². The smallest absolute Gasteiger partial charge is 0.0306 e. The Bertz CT molecular complexity index is 636. The number of benzene rings is 1. The van der Waals surface area contributed by atoms with E-state index < -0.39 is 0 Å². The van der Waals surface area contributed by atoms with E-state index in [-0.39, 0.29) is 5.41 Å². The summed E-state index contributed by atoms with van der Waals surface area (Å²) in [6.07, 6.45) is 7.48. The molecule has 114 valence electrons. The molecule has 0 aliphatic carbocycles. The highest BCUT2D eigenvalue weighted by Gasteiger charge is 2.43. The van der Waals surface area contributed by atoms with E-state index in [1.807, 2.05) is 6.20 Å². The number of aromatic nitrogens is 1. The molecule has 2 bridgehead atoms. The van der Waals surface area contributed by atoms with Crippen LogP contribution in [0.5, 0.6) is 0 Å². The second-order valence-corrected chi connectivity index (χ2v) is 6.76. The molecule has 2 saturated heterocycles. The zero-order valence-electron chi connectivity index (χ0n) is 12.9. The van der Waals surface area contributed by atoms with E-state index in [4.69, 9.17) is 0 Å². The highest BCUT2D eigenvalue weighted by atomic mass is 15.1. The average Bonchev–Trinajstić information content (AvgIpc) is 2.89. The van der Waals surface area contributed by atoms with Crippen LogP contribution in [0.2, 0.25) is 0 Å². The number of aryl methyl sites for hydroxylation is 2. The maximum atomic E-state index is 4.53. The molecule has 2 aliphatic rings. The summed E-state index contributed by atoms with van der Waals surface area (Å²) >= 11 is 0. The minimum Gasteiger partial charge on any atom is -0.314 e. The Morgan fingerprint density at radius 1 is 1.05 bits per heavy atom. The molecule has 0 spiro atoms. The van der Waals surface area contributed by atoms with E-state index in [0.29, 0.717) is 6.04 Å². The SMILES string of the molecule is c1ccc(CCc2cncc(C34CNCC(C3)NC4)c2)cc1. The first-order valence-corrected chi connectivity index (χ1v) is 8.27. The molecule has 3 heteroatoms. The molecular formula is C19H23N3. The van der Waals surface area contributed by atoms with Crippen LogP contribution in [0.25, 0.3) is 0 Å². The molecule has 2 atom stereocenters. The molecule has 3 heterocycles. The maximum Gasteiger partial charge on any atom is 0.0306 e. The van der Waals surface area contributed by atoms with Gasteiger partial charge in [-0.25, -0.2) is 0 Å². The Morgan fingerprint density at radius 2 is 1.91 bits per heavy atom. The highest BCUT2D eigenvalue weighted by Crippen LogP contribution is 2.35. The number of rotatable bonds is 4. The molecule has 2 aliphatic heterocycles. The van der Waals surface area contributed by atoms with Gasteiger partial charge < -0.3 is 10.6 Å². The van der Waals surface area contributed by atoms with Crippen molar-refractivity contribution in [3.63, 3.8) is 0 Å². The second-order valence-electron chi connectivity index (χ2n) is 6.76. The lowest BCUT2D eigenvalue weighted by atomic mass is 9.77. The third-order valence-electron chi connectivity index (χ3n) is 5.17. The van der Waals surface area contributed by atoms with Crippen molar-refractivity contribution in [3.8, 4) is 0 Å². The predicted octanol–water partition coefficient (Wildman–Crippen LogP) is 2.07. The number of hydrogen-bond acceptors (Lipinski definition) is 3. The molecule has 2 unspecified atom stereocenters. The van der Waals surface area contributed by atoms with Crippen molar-refractivity contribution in [1.29, 1.82) is 0 Å². The van der Waals surface area contributed by atoms with E-state index >= 15 is 0 Å². The first-order valence-electron chi connectivity index (χ1n) is 8.27. The van der Waals surface area contributed by atoms with Crippen molar-refractivity contribution >= 4 is 0 Å². The summed E-state index contributed by atoms with van der Waals surface area (Å²) in [5.41, 5.74) is 4.40. The minimum atomic E-state index is 0.249. The van der Waals surface area contributed by atoms with Crippen molar-refractivity contribution in [1.82, 2.24) is 15.6 Å². The number of fused-ring (bicyclic) bond motifs is 2. The van der Waals surface area contributed by atoms with Crippen LogP contribution in [-0.2, 0) is 18.3 Å². The minimum absolute atomic E-state index is 0.249. The molecule has 1 aromatic carbocycles. The van der Waals surface area contributed by atoms with Crippen molar-refractivity contribution < 1.29 is 0 Å². The van der Waals surface area contributed by atoms with Gasteiger partial charge in [0.2, 0.25) is 0 Å². The zero-order chi connectivity index (χ0) is 14.8. The van der Waals surface area contributed by atoms with Gasteiger partial charge in [0, 0.05) is 43.5 Å². The lowest BCUT2D eigenvalue weighted by Crippen LogP contribution is -2.45. The molecule has 0 saturated carbocycles. The highest BCUT2D eigenvalue weighted by molar-refractivity contribution is 5.31. The first-order chi connectivity index (χ1) is 10.8. The van der Waals surface area contributed by atoms with Crippen LogP contribution < -0.4 is 10.6 Å². The monoisotopic (exact) mass is 293 g/mol. The summed E-state index contributed by atoms with van der Waals surface area (Å²) in [4.78, 5) is 4.53. The number of pyridine rings is 1. The van der Waals surface area contributed by atoms with Crippen molar-refractivity contribution in [2.75, 3.05) is 19.6 Å². The number of piperidine rings is 1. The van der Waals surface area contributed by atoms with Crippen LogP contribution in [0.1, 0.15) is 23.1 Å². The molecule has 4 rings (SSSR count). The van der Waals surface area contributed by atoms with Crippen LogP contribution in [0.3, 0.4) is 0 Å². The van der Waals surface area contributed by atoms with Gasteiger partial charge in [0.05, 0.1) is 0 Å². The fourth-order valence-electron chi connectivity index (χ4n) is 3.89. The summed E-state index contributed by atoms with van der Waals surface area (Å²) in [6.45, 7) is 3.25. The largest absolute Gasteiger partial charge is 0.314 e. The van der Waals surface area contributed by atoms with Crippen molar-refractivity contribution in [3.05, 3.63) is 65.5 Å². The number of nitrogens with one attached hydrogen (secondary N) is 2. The predicted molar refractivity (Wildman–Crippen MR) is 89.0 cm³/mol. The van der Waals surface area contributed by atoms with Gasteiger partial charge >= 0.3 is 0 Å². The summed E-state index contributed by atoms with van der Waals surface area (Å²) < 4.78 is 0. The van der Waals surface area contributed by atoms with E-state index in [1.165, 1.54) is 23.1 Å². The van der Waals surface area contributed by atoms with Gasteiger partial charge in [-0.05, 0) is 36.0 Å². The lowest BCUT2D eigenvalue weighted by Gasteiger charge is -2.33. The van der Waals surface area contributed by atoms with E-state index in [2.05, 4.69) is 58.2 Å². The Balaban J connectivity index is 1.51. The first kappa shape index (κ1) is 13.9. The third kappa shape index (κ3) is 2.67. The standard InChI is InChI=1S/C19H23N3/c1-2-4-15(5-3-1)6-7-16-8-17(11-20-10-16)19-9-18(22-14-19)12-21-13-19/h1-5,8,10-11,18,21-22H,6-7,9,12-14H2. The van der Waals surface area contributed by atoms with Crippen molar-refractivity contribution in [2.24, 2.45) is 0 Å². The van der Waals surface area contributed by atoms with E-state index in [9.17, 15) is 0 Å². The molecular weight excluding hydrogens is 270 g/mol. The summed E-state index contributed by atoms with van der Waals surface area (Å²) in [7, 11) is 0. The maximum absolute atomic E-state index is 4.53. The van der Waals surface area contributed by atoms with E-state index in [1.54, 1.807) is 0 Å². The van der Waals surface area contributed by atoms with E-state index in [0.717, 1.165) is 32.5 Å². The van der Waals surface area contributed by atoms with Crippen LogP contribution in [0, 0.1) is 0 Å². The van der Waals surface area contributed by atoms with Gasteiger partial charge in [0.15, 0.2) is 0 Å².